The van der Waals surface area contributed by atoms with E-state index in [2.05, 4.69) is 4.74 Å². The summed E-state index contributed by atoms with van der Waals surface area (Å²) in [5.41, 5.74) is 0. The van der Waals surface area contributed by atoms with Crippen LogP contribution in [0.15, 0.2) is 0 Å². The lowest BCUT2D eigenvalue weighted by atomic mass is 9.80. The van der Waals surface area contributed by atoms with Gasteiger partial charge in [-0.15, -0.1) is 0 Å². The molecule has 0 aromatic carbocycles. The van der Waals surface area contributed by atoms with Gasteiger partial charge in [0, 0.05) is 5.92 Å². The topological polar surface area (TPSA) is 92.7 Å². The Morgan fingerprint density at radius 1 is 1.43 bits per heavy atom. The van der Waals surface area contributed by atoms with Crippen molar-refractivity contribution in [3.8, 4) is 0 Å². The van der Waals surface area contributed by atoms with E-state index >= 15 is 0 Å². The van der Waals surface area contributed by atoms with Gasteiger partial charge in [-0.05, 0) is 25.7 Å². The minimum atomic E-state index is -4.27. The fourth-order valence-electron chi connectivity index (χ4n) is 3.82. The maximum absolute atomic E-state index is 13.2. The van der Waals surface area contributed by atoms with E-state index in [0.717, 1.165) is 6.92 Å². The maximum Gasteiger partial charge on any atom is 0.322 e. The van der Waals surface area contributed by atoms with Crippen LogP contribution in [-0.2, 0) is 23.9 Å². The van der Waals surface area contributed by atoms with Crippen LogP contribution in [0.4, 0.5) is 8.78 Å². The van der Waals surface area contributed by atoms with Gasteiger partial charge in [0.2, 0.25) is 0 Å². The smallest absolute Gasteiger partial charge is 0.322 e. The van der Waals surface area contributed by atoms with Crippen LogP contribution < -0.4 is 5.11 Å². The van der Waals surface area contributed by atoms with E-state index in [4.69, 9.17) is 4.74 Å². The zero-order chi connectivity index (χ0) is 15.5. The number of carbonyl (C=O) groups excluding carboxylic acids is 3. The summed E-state index contributed by atoms with van der Waals surface area (Å²) in [6, 6.07) is 0. The lowest BCUT2D eigenvalue weighted by Crippen LogP contribution is -2.51. The molecule has 3 fully saturated rings. The molecule has 2 saturated carbocycles. The first-order valence-electron chi connectivity index (χ1n) is 6.73. The van der Waals surface area contributed by atoms with Crippen molar-refractivity contribution in [3.63, 3.8) is 0 Å². The number of carbonyl (C=O) groups is 3. The van der Waals surface area contributed by atoms with Crippen LogP contribution in [0.3, 0.4) is 0 Å². The van der Waals surface area contributed by atoms with Crippen molar-refractivity contribution in [1.29, 1.82) is 0 Å². The highest BCUT2D eigenvalue weighted by Crippen LogP contribution is 2.58. The van der Waals surface area contributed by atoms with Gasteiger partial charge in [0.05, 0.1) is 11.8 Å². The molecule has 3 aliphatic rings. The standard InChI is InChI=1S/C13H14F2O6/c1-4(13(14,15)12(18)19)20-10(16)8-5-2-6-7(3-5)21-11(17)9(6)8/h4-9H,2-3H2,1H3,(H,18,19)/p-1. The van der Waals surface area contributed by atoms with Gasteiger partial charge in [-0.2, -0.15) is 8.78 Å². The SMILES string of the molecule is CC(OC(=O)C1C2CC3OC(=O)C1C3C2)C(F)(F)C(=O)[O-]. The number of rotatable bonds is 4. The van der Waals surface area contributed by atoms with Crippen LogP contribution in [0.25, 0.3) is 0 Å². The van der Waals surface area contributed by atoms with Crippen LogP contribution in [0.2, 0.25) is 0 Å². The van der Waals surface area contributed by atoms with Gasteiger partial charge in [-0.25, -0.2) is 0 Å². The molecule has 116 valence electrons. The third kappa shape index (κ3) is 1.91. The summed E-state index contributed by atoms with van der Waals surface area (Å²) in [7, 11) is 0. The number of fused-ring (bicyclic) bond motifs is 1. The summed E-state index contributed by atoms with van der Waals surface area (Å²) in [5.74, 6) is -9.98. The molecule has 0 aromatic rings. The average molecular weight is 303 g/mol. The summed E-state index contributed by atoms with van der Waals surface area (Å²) in [4.78, 5) is 34.1. The van der Waals surface area contributed by atoms with E-state index in [1.54, 1.807) is 0 Å². The lowest BCUT2D eigenvalue weighted by Gasteiger charge is -2.28. The molecule has 1 heterocycles. The van der Waals surface area contributed by atoms with Crippen LogP contribution in [0, 0.1) is 23.7 Å². The Balaban J connectivity index is 1.72. The van der Waals surface area contributed by atoms with Crippen molar-refractivity contribution in [2.45, 2.75) is 37.9 Å². The number of halogens is 2. The maximum atomic E-state index is 13.2. The van der Waals surface area contributed by atoms with E-state index < -0.39 is 41.8 Å². The predicted molar refractivity (Wildman–Crippen MR) is 58.6 cm³/mol. The normalized spacial score (nSPS) is 38.2. The number of aliphatic carboxylic acids is 1. The van der Waals surface area contributed by atoms with Gasteiger partial charge in [0.25, 0.3) is 0 Å². The Kier molecular flexibility index (Phi) is 2.97. The number of ether oxygens (including phenoxy) is 2. The highest BCUT2D eigenvalue weighted by molar-refractivity contribution is 5.86. The molecule has 21 heavy (non-hydrogen) atoms. The third-order valence-corrected chi connectivity index (χ3v) is 4.83. The molecule has 2 aliphatic carbocycles. The second kappa shape index (κ2) is 4.38. The van der Waals surface area contributed by atoms with Crippen LogP contribution in [0.1, 0.15) is 19.8 Å². The molecule has 3 rings (SSSR count). The molecular formula is C13H13F2O6-. The molecule has 6 nitrogen and oxygen atoms in total. The Morgan fingerprint density at radius 3 is 2.71 bits per heavy atom. The van der Waals surface area contributed by atoms with Crippen LogP contribution in [0.5, 0.6) is 0 Å². The molecule has 8 heteroatoms. The number of hydrogen-bond acceptors (Lipinski definition) is 6. The molecule has 0 spiro atoms. The summed E-state index contributed by atoms with van der Waals surface area (Å²) in [6.07, 6.45) is -1.18. The van der Waals surface area contributed by atoms with Crippen molar-refractivity contribution in [2.24, 2.45) is 23.7 Å². The van der Waals surface area contributed by atoms with Crippen molar-refractivity contribution in [2.75, 3.05) is 0 Å². The van der Waals surface area contributed by atoms with Gasteiger partial charge in [-0.1, -0.05) is 0 Å². The molecule has 1 saturated heterocycles. The third-order valence-electron chi connectivity index (χ3n) is 4.83. The van der Waals surface area contributed by atoms with Crippen LogP contribution in [-0.4, -0.2) is 36.0 Å². The van der Waals surface area contributed by atoms with Crippen molar-refractivity contribution < 1.29 is 37.7 Å². The molecule has 1 aliphatic heterocycles. The van der Waals surface area contributed by atoms with Gasteiger partial charge in [0.1, 0.15) is 12.1 Å². The first-order valence-corrected chi connectivity index (χ1v) is 6.73. The second-order valence-electron chi connectivity index (χ2n) is 5.91. The van der Waals surface area contributed by atoms with Gasteiger partial charge in [0.15, 0.2) is 6.10 Å². The Morgan fingerprint density at radius 2 is 2.10 bits per heavy atom. The number of esters is 2. The monoisotopic (exact) mass is 303 g/mol. The van der Waals surface area contributed by atoms with Crippen LogP contribution >= 0.6 is 0 Å². The number of hydrogen-bond donors (Lipinski definition) is 0. The number of carboxylic acids is 1. The zero-order valence-corrected chi connectivity index (χ0v) is 11.1. The highest BCUT2D eigenvalue weighted by Gasteiger charge is 2.64. The van der Waals surface area contributed by atoms with E-state index in [1.807, 2.05) is 0 Å². The molecule has 0 amide bonds. The number of alkyl halides is 2. The highest BCUT2D eigenvalue weighted by atomic mass is 19.3. The van der Waals surface area contributed by atoms with Crippen molar-refractivity contribution in [1.82, 2.24) is 0 Å². The Labute approximate surface area is 118 Å². The summed E-state index contributed by atoms with van der Waals surface area (Å²) < 4.78 is 36.1. The summed E-state index contributed by atoms with van der Waals surface area (Å²) >= 11 is 0. The Bertz CT molecular complexity index is 517. The molecule has 2 bridgehead atoms. The minimum absolute atomic E-state index is 0.0583. The second-order valence-corrected chi connectivity index (χ2v) is 5.91. The molecule has 0 N–H and O–H groups in total. The van der Waals surface area contributed by atoms with E-state index in [1.165, 1.54) is 0 Å². The summed E-state index contributed by atoms with van der Waals surface area (Å²) in [6.45, 7) is 0.788. The largest absolute Gasteiger partial charge is 0.544 e. The van der Waals surface area contributed by atoms with E-state index in [-0.39, 0.29) is 17.9 Å². The van der Waals surface area contributed by atoms with Gasteiger partial charge >= 0.3 is 17.9 Å². The molecule has 6 unspecified atom stereocenters. The molecule has 0 aromatic heterocycles. The lowest BCUT2D eigenvalue weighted by molar-refractivity contribution is -0.335. The fraction of sp³-hybridized carbons (Fsp3) is 0.769. The van der Waals surface area contributed by atoms with E-state index in [0.29, 0.717) is 12.8 Å². The molecule has 0 radical (unpaired) electrons. The molecule has 6 atom stereocenters. The summed E-state index contributed by atoms with van der Waals surface area (Å²) in [5, 5.41) is 10.3. The van der Waals surface area contributed by atoms with Gasteiger partial charge < -0.3 is 19.4 Å². The van der Waals surface area contributed by atoms with Gasteiger partial charge in [-0.3, -0.25) is 9.59 Å². The van der Waals surface area contributed by atoms with Crippen molar-refractivity contribution in [3.05, 3.63) is 0 Å². The average Bonchev–Trinajstić information content (AvgIpc) is 2.98. The van der Waals surface area contributed by atoms with Crippen molar-refractivity contribution >= 4 is 17.9 Å². The van der Waals surface area contributed by atoms with E-state index in [9.17, 15) is 28.3 Å². The molecular weight excluding hydrogens is 290 g/mol. The first-order chi connectivity index (χ1) is 9.73. The predicted octanol–water partition coefficient (Wildman–Crippen LogP) is -0.499. The Hall–Kier alpha value is -1.73. The number of carboxylic acid groups (broad SMARTS) is 1. The fourth-order valence-corrected chi connectivity index (χ4v) is 3.82. The zero-order valence-electron chi connectivity index (χ0n) is 11.1. The first kappa shape index (κ1) is 14.2. The quantitative estimate of drug-likeness (QED) is 0.650. The minimum Gasteiger partial charge on any atom is -0.544 e.